The van der Waals surface area contributed by atoms with E-state index in [2.05, 4.69) is 0 Å². The molecule has 170 valence electrons. The molecule has 2 atom stereocenters. The molecule has 2 unspecified atom stereocenters. The summed E-state index contributed by atoms with van der Waals surface area (Å²) in [5.41, 5.74) is -6.57. The molecule has 0 aromatic rings. The van der Waals surface area contributed by atoms with Crippen LogP contribution in [0.4, 0.5) is 26.3 Å². The lowest BCUT2D eigenvalue weighted by atomic mass is 9.87. The number of rotatable bonds is 4. The van der Waals surface area contributed by atoms with E-state index >= 15 is 0 Å². The van der Waals surface area contributed by atoms with Gasteiger partial charge in [-0.1, -0.05) is 41.4 Å². The Hall–Kier alpha value is -1.21. The van der Waals surface area contributed by atoms with Crippen LogP contribution in [0.15, 0.2) is 45.7 Å². The first-order chi connectivity index (χ1) is 13.4. The van der Waals surface area contributed by atoms with Gasteiger partial charge in [0.15, 0.2) is 0 Å². The lowest BCUT2D eigenvalue weighted by molar-refractivity contribution is -0.351. The molecule has 0 saturated carbocycles. The number of hydrogen-bond donors (Lipinski definition) is 2. The van der Waals surface area contributed by atoms with Crippen LogP contribution in [0.25, 0.3) is 0 Å². The molecule has 5 nitrogen and oxygen atoms in total. The zero-order chi connectivity index (χ0) is 23.3. The average Bonchev–Trinajstić information content (AvgIpc) is 2.61. The molecular weight excluding hydrogens is 487 g/mol. The maximum Gasteiger partial charge on any atom is 0.430 e. The average molecular weight is 502 g/mol. The summed E-state index contributed by atoms with van der Waals surface area (Å²) in [5, 5.41) is 17.2. The predicted molar refractivity (Wildman–Crippen MR) is 97.2 cm³/mol. The fourth-order valence-corrected chi connectivity index (χ4v) is 5.49. The Labute approximate surface area is 177 Å². The summed E-state index contributed by atoms with van der Waals surface area (Å²) in [6.07, 6.45) is -10.3. The van der Waals surface area contributed by atoms with E-state index in [1.165, 1.54) is 0 Å². The van der Waals surface area contributed by atoms with E-state index in [9.17, 15) is 45.0 Å². The molecule has 0 heterocycles. The van der Waals surface area contributed by atoms with Crippen molar-refractivity contribution in [2.45, 2.75) is 42.1 Å². The van der Waals surface area contributed by atoms with Gasteiger partial charge in [-0.2, -0.15) is 30.6 Å². The summed E-state index contributed by atoms with van der Waals surface area (Å²) in [6, 6.07) is -1.17. The van der Waals surface area contributed by atoms with Crippen LogP contribution in [0.2, 0.25) is 0 Å². The molecule has 14 heteroatoms. The van der Waals surface area contributed by atoms with E-state index in [0.29, 0.717) is 16.5 Å². The quantitative estimate of drug-likeness (QED) is 0.564. The smallest absolute Gasteiger partial charge is 0.430 e. The van der Waals surface area contributed by atoms with Crippen LogP contribution in [-0.2, 0) is 10.0 Å². The van der Waals surface area contributed by atoms with Crippen molar-refractivity contribution in [3.05, 3.63) is 45.7 Å². The zero-order valence-corrected chi connectivity index (χ0v) is 17.3. The second kappa shape index (κ2) is 8.05. The van der Waals surface area contributed by atoms with E-state index in [4.69, 9.17) is 23.2 Å². The van der Waals surface area contributed by atoms with Gasteiger partial charge in [-0.15, -0.1) is 0 Å². The Bertz CT molecular complexity index is 922. The van der Waals surface area contributed by atoms with Crippen LogP contribution in [0, 0.1) is 0 Å². The van der Waals surface area contributed by atoms with Crippen LogP contribution in [0.1, 0.15) is 12.8 Å². The predicted octanol–water partition coefficient (Wildman–Crippen LogP) is 4.26. The minimum Gasteiger partial charge on any atom is -0.507 e. The second-order valence-electron chi connectivity index (χ2n) is 6.61. The first-order valence-electron chi connectivity index (χ1n) is 8.10. The van der Waals surface area contributed by atoms with Gasteiger partial charge in [0.1, 0.15) is 11.0 Å². The van der Waals surface area contributed by atoms with Crippen LogP contribution < -0.4 is 0 Å². The van der Waals surface area contributed by atoms with E-state index in [1.54, 1.807) is 0 Å². The van der Waals surface area contributed by atoms with E-state index in [0.717, 1.165) is 19.2 Å². The van der Waals surface area contributed by atoms with Crippen LogP contribution in [-0.4, -0.2) is 59.2 Å². The molecule has 2 aliphatic carbocycles. The number of aliphatic hydroxyl groups is 2. The Morgan fingerprint density at radius 3 is 2.10 bits per heavy atom. The molecule has 0 aromatic heterocycles. The van der Waals surface area contributed by atoms with Crippen molar-refractivity contribution in [1.29, 1.82) is 0 Å². The number of sulfonamides is 1. The van der Waals surface area contributed by atoms with Crippen molar-refractivity contribution in [3.63, 3.8) is 0 Å². The van der Waals surface area contributed by atoms with Gasteiger partial charge in [0.05, 0.1) is 5.03 Å². The summed E-state index contributed by atoms with van der Waals surface area (Å²) >= 11 is 11.6. The summed E-state index contributed by atoms with van der Waals surface area (Å²) < 4.78 is 104. The van der Waals surface area contributed by atoms with Gasteiger partial charge in [-0.05, 0) is 18.1 Å². The van der Waals surface area contributed by atoms with Crippen molar-refractivity contribution in [2.24, 2.45) is 0 Å². The fourth-order valence-electron chi connectivity index (χ4n) is 2.97. The van der Waals surface area contributed by atoms with E-state index < -0.39 is 62.1 Å². The third-order valence-corrected chi connectivity index (χ3v) is 7.79. The molecule has 0 radical (unpaired) electrons. The third kappa shape index (κ3) is 4.24. The van der Waals surface area contributed by atoms with Crippen molar-refractivity contribution < 1.29 is 45.0 Å². The maximum atomic E-state index is 13.0. The topological polar surface area (TPSA) is 77.8 Å². The van der Waals surface area contributed by atoms with Gasteiger partial charge >= 0.3 is 12.4 Å². The molecule has 0 aromatic carbocycles. The number of alkyl halides is 6. The number of hydrogen-bond acceptors (Lipinski definition) is 4. The van der Waals surface area contributed by atoms with E-state index in [-0.39, 0.29) is 11.5 Å². The zero-order valence-electron chi connectivity index (χ0n) is 15.0. The molecule has 0 spiro atoms. The summed E-state index contributed by atoms with van der Waals surface area (Å²) in [7, 11) is -3.26. The van der Waals surface area contributed by atoms with Crippen molar-refractivity contribution in [3.8, 4) is 0 Å². The van der Waals surface area contributed by atoms with Gasteiger partial charge < -0.3 is 10.2 Å². The molecular formula is C16H15Cl2F6NO4S. The number of aliphatic hydroxyl groups excluding tert-OH is 1. The Kier molecular flexibility index (Phi) is 6.72. The number of halogens is 8. The Balaban J connectivity index is 2.31. The monoisotopic (exact) mass is 501 g/mol. The van der Waals surface area contributed by atoms with Crippen molar-refractivity contribution in [2.75, 3.05) is 7.05 Å². The van der Waals surface area contributed by atoms with Crippen LogP contribution >= 0.6 is 23.2 Å². The molecule has 0 fully saturated rings. The fraction of sp³-hybridized carbons (Fsp3) is 0.500. The highest BCUT2D eigenvalue weighted by molar-refractivity contribution is 7.90. The van der Waals surface area contributed by atoms with Gasteiger partial charge in [0, 0.05) is 24.5 Å². The standard InChI is InChI=1S/C16H15Cl2F6NO4S/c1-25(30(28,29)12-7-9(17)6-11(26)13(12)18)10-4-2-8(3-5-10)14(27,15(19,20)21)16(22,23)24/h2-4,6,10,12,26-27H,5,7H2,1H3. The molecule has 0 aliphatic heterocycles. The number of nitrogens with zero attached hydrogens (tertiary/aromatic N) is 1. The van der Waals surface area contributed by atoms with Gasteiger partial charge in [-0.25, -0.2) is 8.42 Å². The second-order valence-corrected chi connectivity index (χ2v) is 9.67. The largest absolute Gasteiger partial charge is 0.507 e. The first kappa shape index (κ1) is 25.1. The SMILES string of the molecule is CN(C1C=CC(C(O)(C(F)(F)F)C(F)(F)F)=CC1)S(=O)(=O)C1CC(Cl)=CC(O)=C1Cl. The minimum atomic E-state index is -6.05. The molecule has 0 bridgehead atoms. The third-order valence-electron chi connectivity index (χ3n) is 4.74. The Morgan fingerprint density at radius 2 is 1.67 bits per heavy atom. The first-order valence-corrected chi connectivity index (χ1v) is 10.4. The highest BCUT2D eigenvalue weighted by atomic mass is 35.5. The molecule has 30 heavy (non-hydrogen) atoms. The Morgan fingerprint density at radius 1 is 1.13 bits per heavy atom. The van der Waals surface area contributed by atoms with Gasteiger partial charge in [-0.3, -0.25) is 0 Å². The lowest BCUT2D eigenvalue weighted by Gasteiger charge is -2.36. The van der Waals surface area contributed by atoms with Crippen molar-refractivity contribution >= 4 is 33.2 Å². The molecule has 0 amide bonds. The molecule has 0 saturated heterocycles. The summed E-state index contributed by atoms with van der Waals surface area (Å²) in [6.45, 7) is 0. The minimum absolute atomic E-state index is 0.0133. The van der Waals surface area contributed by atoms with Gasteiger partial charge in [0.2, 0.25) is 10.0 Å². The van der Waals surface area contributed by atoms with E-state index in [1.807, 2.05) is 0 Å². The van der Waals surface area contributed by atoms with Gasteiger partial charge in [0.25, 0.3) is 5.60 Å². The highest BCUT2D eigenvalue weighted by Gasteiger charge is 2.72. The molecule has 2 N–H and O–H groups in total. The summed E-state index contributed by atoms with van der Waals surface area (Å²) in [4.78, 5) is 0. The van der Waals surface area contributed by atoms with Crippen LogP contribution in [0.5, 0.6) is 0 Å². The maximum absolute atomic E-state index is 13.0. The highest BCUT2D eigenvalue weighted by Crippen LogP contribution is 2.48. The lowest BCUT2D eigenvalue weighted by Crippen LogP contribution is -2.58. The number of likely N-dealkylation sites (N-methyl/N-ethyl adjacent to an activating group) is 1. The van der Waals surface area contributed by atoms with Crippen LogP contribution in [0.3, 0.4) is 0 Å². The normalized spacial score (nSPS) is 24.2. The number of allylic oxidation sites excluding steroid dienone is 2. The summed E-state index contributed by atoms with van der Waals surface area (Å²) in [5.74, 6) is -0.573. The molecule has 2 rings (SSSR count). The van der Waals surface area contributed by atoms with Crippen molar-refractivity contribution in [1.82, 2.24) is 4.31 Å². The molecule has 2 aliphatic rings.